The minimum atomic E-state index is -0.380. The third-order valence-electron chi connectivity index (χ3n) is 3.68. The Morgan fingerprint density at radius 3 is 2.35 bits per heavy atom. The van der Waals surface area contributed by atoms with Gasteiger partial charge in [-0.05, 0) is 41.0 Å². The van der Waals surface area contributed by atoms with Crippen LogP contribution in [0.1, 0.15) is 63.9 Å². The Bertz CT molecular complexity index is 527. The van der Waals surface area contributed by atoms with E-state index in [1.54, 1.807) is 4.90 Å². The van der Waals surface area contributed by atoms with Crippen molar-refractivity contribution in [1.82, 2.24) is 9.88 Å². The Morgan fingerprint density at radius 1 is 1.22 bits per heavy atom. The van der Waals surface area contributed by atoms with Crippen molar-refractivity contribution in [3.63, 3.8) is 0 Å². The Morgan fingerprint density at radius 2 is 1.87 bits per heavy atom. The van der Waals surface area contributed by atoms with Gasteiger partial charge >= 0.3 is 0 Å². The molecule has 23 heavy (non-hydrogen) atoms. The molecule has 5 nitrogen and oxygen atoms in total. The number of thiazole rings is 1. The topological polar surface area (TPSA) is 62.3 Å². The molecular weight excluding hydrogens is 310 g/mol. The molecule has 0 spiro atoms. The molecule has 0 radical (unpaired) electrons. The van der Waals surface area contributed by atoms with E-state index in [2.05, 4.69) is 17.2 Å². The third-order valence-corrected chi connectivity index (χ3v) is 4.67. The highest BCUT2D eigenvalue weighted by molar-refractivity contribution is 7.15. The first-order valence-electron chi connectivity index (χ1n) is 8.19. The van der Waals surface area contributed by atoms with Crippen molar-refractivity contribution in [3.05, 3.63) is 10.6 Å². The second-order valence-electron chi connectivity index (χ2n) is 6.82. The van der Waals surface area contributed by atoms with Gasteiger partial charge in [-0.25, -0.2) is 4.98 Å². The quantitative estimate of drug-likeness (QED) is 0.766. The predicted octanol–water partition coefficient (Wildman–Crippen LogP) is 3.91. The van der Waals surface area contributed by atoms with E-state index in [1.165, 1.54) is 11.3 Å². The molecule has 1 rings (SSSR count). The zero-order chi connectivity index (χ0) is 17.6. The largest absolute Gasteiger partial charge is 0.329 e. The van der Waals surface area contributed by atoms with Gasteiger partial charge in [0.15, 0.2) is 5.13 Å². The van der Waals surface area contributed by atoms with Crippen LogP contribution in [0.4, 0.5) is 5.13 Å². The number of amides is 2. The molecule has 0 bridgehead atoms. The molecule has 0 aromatic carbocycles. The van der Waals surface area contributed by atoms with Crippen molar-refractivity contribution < 1.29 is 9.59 Å². The van der Waals surface area contributed by atoms with Gasteiger partial charge in [-0.2, -0.15) is 0 Å². The van der Waals surface area contributed by atoms with Gasteiger partial charge in [0.25, 0.3) is 0 Å². The fourth-order valence-electron chi connectivity index (χ4n) is 2.19. The molecule has 0 saturated carbocycles. The number of aromatic nitrogens is 1. The number of anilines is 1. The standard InChI is InChI=1S/C17H29N3O2S/c1-7-8-9-10-15(22)20(17(4,5)6)11-14(21)19-16-18-12(2)13(3)23-16/h7-11H2,1-6H3,(H,18,19,21). The number of nitrogens with zero attached hydrogens (tertiary/aromatic N) is 2. The minimum Gasteiger partial charge on any atom is -0.329 e. The second kappa shape index (κ2) is 8.43. The van der Waals surface area contributed by atoms with Crippen LogP contribution in [0.5, 0.6) is 0 Å². The molecule has 0 aliphatic heterocycles. The fraction of sp³-hybridized carbons (Fsp3) is 0.706. The highest BCUT2D eigenvalue weighted by Crippen LogP contribution is 2.22. The first-order valence-corrected chi connectivity index (χ1v) is 9.01. The fourth-order valence-corrected chi connectivity index (χ4v) is 3.02. The molecular formula is C17H29N3O2S. The lowest BCUT2D eigenvalue weighted by Crippen LogP contribution is -2.49. The van der Waals surface area contributed by atoms with E-state index in [1.807, 2.05) is 34.6 Å². The molecule has 130 valence electrons. The van der Waals surface area contributed by atoms with E-state index in [0.29, 0.717) is 11.6 Å². The van der Waals surface area contributed by atoms with E-state index >= 15 is 0 Å². The first-order chi connectivity index (χ1) is 10.6. The van der Waals surface area contributed by atoms with Gasteiger partial charge in [-0.15, -0.1) is 11.3 Å². The summed E-state index contributed by atoms with van der Waals surface area (Å²) in [4.78, 5) is 31.8. The van der Waals surface area contributed by atoms with Crippen molar-refractivity contribution in [2.24, 2.45) is 0 Å². The van der Waals surface area contributed by atoms with E-state index < -0.39 is 0 Å². The van der Waals surface area contributed by atoms with Crippen molar-refractivity contribution in [2.75, 3.05) is 11.9 Å². The maximum Gasteiger partial charge on any atom is 0.245 e. The number of carbonyl (C=O) groups is 2. The Hall–Kier alpha value is -1.43. The molecule has 1 N–H and O–H groups in total. The van der Waals surface area contributed by atoms with Gasteiger partial charge in [-0.1, -0.05) is 19.8 Å². The van der Waals surface area contributed by atoms with Gasteiger partial charge in [0.2, 0.25) is 11.8 Å². The van der Waals surface area contributed by atoms with Crippen LogP contribution in [0.3, 0.4) is 0 Å². The summed E-state index contributed by atoms with van der Waals surface area (Å²) in [5.41, 5.74) is 0.545. The van der Waals surface area contributed by atoms with E-state index in [9.17, 15) is 9.59 Å². The molecule has 1 aromatic rings. The van der Waals surface area contributed by atoms with Crippen LogP contribution in [-0.2, 0) is 9.59 Å². The molecule has 0 unspecified atom stereocenters. The van der Waals surface area contributed by atoms with Crippen molar-refractivity contribution in [3.8, 4) is 0 Å². The Labute approximate surface area is 143 Å². The summed E-state index contributed by atoms with van der Waals surface area (Å²) in [6.45, 7) is 11.9. The van der Waals surface area contributed by atoms with Crippen molar-refractivity contribution in [1.29, 1.82) is 0 Å². The molecule has 6 heteroatoms. The average Bonchev–Trinajstić information content (AvgIpc) is 2.73. The number of carbonyl (C=O) groups excluding carboxylic acids is 2. The van der Waals surface area contributed by atoms with Gasteiger partial charge in [-0.3, -0.25) is 9.59 Å². The average molecular weight is 340 g/mol. The summed E-state index contributed by atoms with van der Waals surface area (Å²) in [7, 11) is 0. The predicted molar refractivity (Wildman–Crippen MR) is 95.8 cm³/mol. The Kier molecular flexibility index (Phi) is 7.19. The summed E-state index contributed by atoms with van der Waals surface area (Å²) in [6.07, 6.45) is 3.47. The summed E-state index contributed by atoms with van der Waals surface area (Å²) in [6, 6.07) is 0. The van der Waals surface area contributed by atoms with Gasteiger partial charge in [0.1, 0.15) is 6.54 Å². The summed E-state index contributed by atoms with van der Waals surface area (Å²) < 4.78 is 0. The maximum absolute atomic E-state index is 12.4. The first kappa shape index (κ1) is 19.6. The van der Waals surface area contributed by atoms with E-state index in [4.69, 9.17) is 0 Å². The van der Waals surface area contributed by atoms with Crippen LogP contribution in [0.2, 0.25) is 0 Å². The maximum atomic E-state index is 12.4. The molecule has 0 fully saturated rings. The monoisotopic (exact) mass is 339 g/mol. The van der Waals surface area contributed by atoms with Crippen LogP contribution in [-0.4, -0.2) is 33.8 Å². The van der Waals surface area contributed by atoms with Crippen LogP contribution in [0.25, 0.3) is 0 Å². The zero-order valence-corrected chi connectivity index (χ0v) is 16.0. The second-order valence-corrected chi connectivity index (χ2v) is 8.02. The van der Waals surface area contributed by atoms with Crippen molar-refractivity contribution >= 4 is 28.3 Å². The lowest BCUT2D eigenvalue weighted by molar-refractivity contribution is -0.139. The Balaban J connectivity index is 2.69. The molecule has 1 heterocycles. The number of hydrogen-bond donors (Lipinski definition) is 1. The number of hydrogen-bond acceptors (Lipinski definition) is 4. The lowest BCUT2D eigenvalue weighted by Gasteiger charge is -2.35. The number of unbranched alkanes of at least 4 members (excludes halogenated alkanes) is 2. The minimum absolute atomic E-state index is 0.0348. The molecule has 0 saturated heterocycles. The third kappa shape index (κ3) is 6.29. The summed E-state index contributed by atoms with van der Waals surface area (Å²) in [5.74, 6) is -0.162. The smallest absolute Gasteiger partial charge is 0.245 e. The van der Waals surface area contributed by atoms with Crippen LogP contribution >= 0.6 is 11.3 Å². The summed E-state index contributed by atoms with van der Waals surface area (Å²) in [5, 5.41) is 3.40. The normalized spacial score (nSPS) is 11.4. The van der Waals surface area contributed by atoms with E-state index in [0.717, 1.165) is 29.8 Å². The number of nitrogens with one attached hydrogen (secondary N) is 1. The van der Waals surface area contributed by atoms with Gasteiger partial charge < -0.3 is 10.2 Å². The SMILES string of the molecule is CCCCCC(=O)N(CC(=O)Nc1nc(C)c(C)s1)C(C)(C)C. The molecule has 0 atom stereocenters. The highest BCUT2D eigenvalue weighted by atomic mass is 32.1. The number of aryl methyl sites for hydroxylation is 2. The summed E-state index contributed by atoms with van der Waals surface area (Å²) >= 11 is 1.46. The van der Waals surface area contributed by atoms with Crippen LogP contribution in [0.15, 0.2) is 0 Å². The van der Waals surface area contributed by atoms with E-state index in [-0.39, 0.29) is 23.9 Å². The zero-order valence-electron chi connectivity index (χ0n) is 15.2. The van der Waals surface area contributed by atoms with Crippen LogP contribution in [0, 0.1) is 13.8 Å². The van der Waals surface area contributed by atoms with Crippen molar-refractivity contribution in [2.45, 2.75) is 72.8 Å². The van der Waals surface area contributed by atoms with Gasteiger partial charge in [0.05, 0.1) is 5.69 Å². The van der Waals surface area contributed by atoms with Gasteiger partial charge in [0, 0.05) is 16.8 Å². The lowest BCUT2D eigenvalue weighted by atomic mass is 10.0. The molecule has 2 amide bonds. The molecule has 0 aliphatic rings. The molecule has 1 aromatic heterocycles. The number of rotatable bonds is 7. The molecule has 0 aliphatic carbocycles. The highest BCUT2D eigenvalue weighted by Gasteiger charge is 2.28. The van der Waals surface area contributed by atoms with Crippen LogP contribution < -0.4 is 5.32 Å².